The molecule has 1 aromatic heterocycles. The third-order valence-corrected chi connectivity index (χ3v) is 31.6. The van der Waals surface area contributed by atoms with Crippen LogP contribution in [0.1, 0.15) is 86.5 Å². The summed E-state index contributed by atoms with van der Waals surface area (Å²) in [6.07, 6.45) is 14.2. The van der Waals surface area contributed by atoms with Gasteiger partial charge in [-0.3, -0.25) is 0 Å². The van der Waals surface area contributed by atoms with Crippen LogP contribution in [0.15, 0.2) is 406 Å². The van der Waals surface area contributed by atoms with Gasteiger partial charge in [-0.1, -0.05) is 309 Å². The second kappa shape index (κ2) is 28.9. The molecule has 0 unspecified atom stereocenters. The van der Waals surface area contributed by atoms with Gasteiger partial charge < -0.3 is 14.4 Å². The molecule has 10 aliphatic rings. The number of fused-ring (bicyclic) bond motifs is 13. The van der Waals surface area contributed by atoms with E-state index in [1.165, 1.54) is 196 Å². The van der Waals surface area contributed by atoms with E-state index in [2.05, 4.69) is 421 Å². The van der Waals surface area contributed by atoms with Crippen LogP contribution in [-0.4, -0.2) is 4.57 Å². The Bertz CT molecular complexity index is 7340. The minimum atomic E-state index is 0.162. The van der Waals surface area contributed by atoms with E-state index in [9.17, 15) is 0 Å². The van der Waals surface area contributed by atoms with Crippen LogP contribution in [0.4, 0.5) is 34.1 Å². The maximum Gasteiger partial charge on any atom is 0.0541 e. The van der Waals surface area contributed by atoms with Gasteiger partial charge in [0.1, 0.15) is 0 Å². The molecule has 125 heavy (non-hydrogen) atoms. The summed E-state index contributed by atoms with van der Waals surface area (Å²) in [4.78, 5) is 4.84. The Morgan fingerprint density at radius 2 is 0.512 bits per heavy atom. The van der Waals surface area contributed by atoms with Gasteiger partial charge in [-0.2, -0.15) is 0 Å². The summed E-state index contributed by atoms with van der Waals surface area (Å²) < 4.78 is 2.40. The van der Waals surface area contributed by atoms with Crippen molar-refractivity contribution in [2.45, 2.75) is 75.0 Å². The Morgan fingerprint density at radius 1 is 0.200 bits per heavy atom. The lowest BCUT2D eigenvalue weighted by Gasteiger charge is -2.61. The Labute approximate surface area is 732 Å². The van der Waals surface area contributed by atoms with Crippen LogP contribution in [0.2, 0.25) is 0 Å². The fraction of sp³-hybridized carbons (Fsp3) is 0.164. The molecule has 19 aromatic rings. The summed E-state index contributed by atoms with van der Waals surface area (Å²) in [5, 5.41) is 10.2. The lowest BCUT2D eigenvalue weighted by Crippen LogP contribution is -2.55. The van der Waals surface area contributed by atoms with E-state index in [-0.39, 0.29) is 10.8 Å². The van der Waals surface area contributed by atoms with E-state index in [1.807, 2.05) is 0 Å². The number of para-hydroxylation sites is 2. The van der Waals surface area contributed by atoms with Gasteiger partial charge in [0.05, 0.1) is 11.0 Å². The van der Waals surface area contributed by atoms with Crippen LogP contribution >= 0.6 is 0 Å². The first-order chi connectivity index (χ1) is 61.9. The van der Waals surface area contributed by atoms with E-state index in [1.54, 1.807) is 22.3 Å². The van der Waals surface area contributed by atoms with Crippen molar-refractivity contribution in [2.24, 2.45) is 47.3 Å². The first-order valence-electron chi connectivity index (χ1n) is 46.0. The molecule has 0 saturated heterocycles. The normalized spacial score (nSPS) is 21.7. The predicted octanol–water partition coefficient (Wildman–Crippen LogP) is 32.6. The lowest BCUT2D eigenvalue weighted by molar-refractivity contribution is -0.0399. The summed E-state index contributed by atoms with van der Waals surface area (Å²) in [5.41, 5.74) is 35.8. The highest BCUT2D eigenvalue weighted by molar-refractivity contribution is 6.11. The number of anilines is 6. The van der Waals surface area contributed by atoms with Crippen LogP contribution in [0.25, 0.3) is 138 Å². The van der Waals surface area contributed by atoms with Crippen molar-refractivity contribution < 1.29 is 0 Å². The van der Waals surface area contributed by atoms with Gasteiger partial charge in [0, 0.05) is 61.4 Å². The summed E-state index contributed by atoms with van der Waals surface area (Å²) in [7, 11) is 0. The van der Waals surface area contributed by atoms with E-state index in [0.717, 1.165) is 87.2 Å². The molecular weight excluding hydrogens is 1510 g/mol. The second-order valence-electron chi connectivity index (χ2n) is 37.8. The third-order valence-electron chi connectivity index (χ3n) is 31.6. The number of benzene rings is 18. The highest BCUT2D eigenvalue weighted by Gasteiger charge is 2.63. The van der Waals surface area contributed by atoms with Crippen LogP contribution in [0.3, 0.4) is 0 Å². The Hall–Kier alpha value is -13.9. The zero-order chi connectivity index (χ0) is 82.0. The molecule has 3 heteroatoms. The van der Waals surface area contributed by atoms with Crippen molar-refractivity contribution in [3.8, 4) is 83.6 Å². The van der Waals surface area contributed by atoms with Crippen LogP contribution in [0, 0.1) is 47.3 Å². The van der Waals surface area contributed by atoms with Crippen LogP contribution in [0.5, 0.6) is 0 Å². The van der Waals surface area contributed by atoms with Gasteiger partial charge in [-0.15, -0.1) is 0 Å². The number of hydrogen-bond donors (Lipinski definition) is 0. The molecule has 0 radical (unpaired) electrons. The van der Waals surface area contributed by atoms with E-state index < -0.39 is 0 Å². The number of rotatable bonds is 12. The maximum absolute atomic E-state index is 2.52. The molecule has 8 saturated carbocycles. The first kappa shape index (κ1) is 72.7. The molecule has 0 aliphatic heterocycles. The summed E-state index contributed by atoms with van der Waals surface area (Å²) in [5.74, 6) is 6.77. The molecule has 8 bridgehead atoms. The standard InChI is InChI=1S/C62H48N2.C60H47N/c1-2-13-51-42(11-1)12-9-17-52(51)43-23-27-47(28-24-43)63(49-31-33-50(34-32-49)64-59-21-7-4-14-54(59)55-15-5-8-22-60(55)64)48-29-25-44(26-30-48)53-18-10-20-58-61(53)56-16-3-6-19-57(56)62(58)45-36-40-35-41(38-45)39-46(62)37-40;1-2-9-41(10-3-1)42-17-19-43(20-18-42)44-23-27-50(28-24-44)61(52-31-32-54-47(38-52)22-21-45-11-4-5-12-53(45)54)51-29-25-46(26-30-51)55-14-8-16-58-59(55)56-13-6-7-15-57(56)60(58)48-34-39-33-40(36-48)37-49(60)35-39/h1-34,40-41,45-46H,35-39H2;1-32,38-40,48-49H,33-37H2. The van der Waals surface area contributed by atoms with Crippen molar-refractivity contribution in [3.63, 3.8) is 0 Å². The zero-order valence-electron chi connectivity index (χ0n) is 70.2. The predicted molar refractivity (Wildman–Crippen MR) is 523 cm³/mol. The molecule has 3 nitrogen and oxygen atoms in total. The fourth-order valence-corrected chi connectivity index (χ4v) is 27.0. The van der Waals surface area contributed by atoms with Gasteiger partial charge in [0.2, 0.25) is 0 Å². The quantitative estimate of drug-likeness (QED) is 0.113. The Morgan fingerprint density at radius 3 is 1.00 bits per heavy atom. The lowest BCUT2D eigenvalue weighted by atomic mass is 9.43. The van der Waals surface area contributed by atoms with Crippen LogP contribution < -0.4 is 9.80 Å². The minimum absolute atomic E-state index is 0.162. The minimum Gasteiger partial charge on any atom is -0.311 e. The molecule has 0 N–H and O–H groups in total. The van der Waals surface area contributed by atoms with E-state index in [0.29, 0.717) is 0 Å². The molecule has 18 aromatic carbocycles. The highest BCUT2D eigenvalue weighted by Crippen LogP contribution is 2.72. The molecule has 0 atom stereocenters. The molecule has 598 valence electrons. The molecule has 1 heterocycles. The first-order valence-corrected chi connectivity index (χ1v) is 46.0. The zero-order valence-corrected chi connectivity index (χ0v) is 70.2. The third kappa shape index (κ3) is 11.4. The maximum atomic E-state index is 2.52. The average molecular weight is 1600 g/mol. The topological polar surface area (TPSA) is 11.4 Å². The van der Waals surface area contributed by atoms with Crippen molar-refractivity contribution in [1.29, 1.82) is 0 Å². The average Bonchev–Trinajstić information content (AvgIpc) is 1.52. The molecule has 8 fully saturated rings. The van der Waals surface area contributed by atoms with Gasteiger partial charge >= 0.3 is 0 Å². The van der Waals surface area contributed by atoms with Gasteiger partial charge in [0.15, 0.2) is 0 Å². The largest absolute Gasteiger partial charge is 0.311 e. The molecule has 10 aliphatic carbocycles. The Kier molecular flexibility index (Phi) is 16.8. The Balaban J connectivity index is 0.000000133. The summed E-state index contributed by atoms with van der Waals surface area (Å²) in [6.45, 7) is 0. The highest BCUT2D eigenvalue weighted by atomic mass is 15.1. The van der Waals surface area contributed by atoms with Crippen molar-refractivity contribution in [3.05, 3.63) is 429 Å². The summed E-state index contributed by atoms with van der Waals surface area (Å²) in [6, 6.07) is 152. The molecule has 2 spiro atoms. The van der Waals surface area contributed by atoms with E-state index >= 15 is 0 Å². The smallest absolute Gasteiger partial charge is 0.0541 e. The fourth-order valence-electron chi connectivity index (χ4n) is 27.0. The van der Waals surface area contributed by atoms with Crippen molar-refractivity contribution in [1.82, 2.24) is 4.57 Å². The molecule has 29 rings (SSSR count). The molecule has 0 amide bonds. The van der Waals surface area contributed by atoms with Gasteiger partial charge in [-0.25, -0.2) is 0 Å². The second-order valence-corrected chi connectivity index (χ2v) is 37.8. The molecular formula is C122H95N3. The van der Waals surface area contributed by atoms with Gasteiger partial charge in [-0.05, 0) is 341 Å². The van der Waals surface area contributed by atoms with Crippen molar-refractivity contribution >= 4 is 88.2 Å². The van der Waals surface area contributed by atoms with Crippen molar-refractivity contribution in [2.75, 3.05) is 9.80 Å². The monoisotopic (exact) mass is 1600 g/mol. The SMILES string of the molecule is c1ccc(-c2ccc(-c3ccc(N(c4ccc(-c5cccc6c5-c5ccccc5C65C6CC7CC(C6)CC5C7)cc4)c4ccc5c(ccc6ccccc65)c4)cc3)cc2)cc1.c1ccc2c(c1)-c1c(-c3ccc(N(c4ccc(-c5cccc6ccccc56)cc4)c4ccc(-n5c6ccccc6c6ccccc65)cc4)cc3)cccc1C21C2CC3CC(C2)CC1C3. The number of nitrogens with zero attached hydrogens (tertiary/aromatic N) is 3. The number of hydrogen-bond acceptors (Lipinski definition) is 2. The van der Waals surface area contributed by atoms with Crippen LogP contribution in [-0.2, 0) is 10.8 Å². The van der Waals surface area contributed by atoms with Gasteiger partial charge in [0.25, 0.3) is 0 Å². The van der Waals surface area contributed by atoms with E-state index in [4.69, 9.17) is 0 Å². The number of aromatic nitrogens is 1. The summed E-state index contributed by atoms with van der Waals surface area (Å²) >= 11 is 0.